The largest absolute Gasteiger partial charge is 0.467 e. The molecule has 1 aromatic rings. The number of carbonyl (C=O) groups excluding carboxylic acids is 1. The molecule has 15 heavy (non-hydrogen) atoms. The second-order valence-corrected chi connectivity index (χ2v) is 4.01. The van der Waals surface area contributed by atoms with E-state index in [4.69, 9.17) is 11.6 Å². The minimum atomic E-state index is -1.51. The molecule has 1 aromatic carbocycles. The highest BCUT2D eigenvalue weighted by Gasteiger charge is 2.31. The normalized spacial score (nSPS) is 14.4. The lowest BCUT2D eigenvalue weighted by Crippen LogP contribution is -2.38. The van der Waals surface area contributed by atoms with Crippen LogP contribution in [0.25, 0.3) is 0 Å². The van der Waals surface area contributed by atoms with Crippen molar-refractivity contribution >= 4 is 17.6 Å². The van der Waals surface area contributed by atoms with Gasteiger partial charge in [-0.2, -0.15) is 0 Å². The van der Waals surface area contributed by atoms with E-state index in [0.717, 1.165) is 5.56 Å². The molecule has 4 heteroatoms. The predicted octanol–water partition coefficient (Wildman–Crippen LogP) is 1.81. The van der Waals surface area contributed by atoms with Gasteiger partial charge in [-0.3, -0.25) is 0 Å². The minimum Gasteiger partial charge on any atom is -0.467 e. The minimum absolute atomic E-state index is 0.181. The molecule has 0 aromatic heterocycles. The highest BCUT2D eigenvalue weighted by molar-refractivity contribution is 6.30. The van der Waals surface area contributed by atoms with E-state index in [1.54, 1.807) is 24.3 Å². The quantitative estimate of drug-likeness (QED) is 0.803. The Morgan fingerprint density at radius 1 is 1.60 bits per heavy atom. The Labute approximate surface area is 93.6 Å². The van der Waals surface area contributed by atoms with Gasteiger partial charge in [0.05, 0.1) is 7.11 Å². The van der Waals surface area contributed by atoms with Gasteiger partial charge in [0, 0.05) is 11.4 Å². The van der Waals surface area contributed by atoms with Crippen LogP contribution in [0.3, 0.4) is 0 Å². The van der Waals surface area contributed by atoms with Crippen LogP contribution >= 0.6 is 11.6 Å². The van der Waals surface area contributed by atoms with Gasteiger partial charge in [-0.1, -0.05) is 23.7 Å². The molecule has 0 aliphatic rings. The van der Waals surface area contributed by atoms with Crippen molar-refractivity contribution in [3.63, 3.8) is 0 Å². The summed E-state index contributed by atoms with van der Waals surface area (Å²) in [6.07, 6.45) is 0.181. The number of carbonyl (C=O) groups is 1. The highest BCUT2D eigenvalue weighted by Crippen LogP contribution is 2.17. The molecule has 0 amide bonds. The van der Waals surface area contributed by atoms with Crippen molar-refractivity contribution < 1.29 is 14.6 Å². The number of benzene rings is 1. The van der Waals surface area contributed by atoms with E-state index in [2.05, 4.69) is 4.74 Å². The van der Waals surface area contributed by atoms with Crippen LogP contribution in [-0.4, -0.2) is 23.8 Å². The fourth-order valence-corrected chi connectivity index (χ4v) is 1.55. The Bertz CT molecular complexity index is 361. The molecule has 0 radical (unpaired) electrons. The van der Waals surface area contributed by atoms with Gasteiger partial charge < -0.3 is 9.84 Å². The third-order valence-electron chi connectivity index (χ3n) is 2.06. The van der Waals surface area contributed by atoms with Gasteiger partial charge in [-0.15, -0.1) is 0 Å². The van der Waals surface area contributed by atoms with Crippen LogP contribution in [0.2, 0.25) is 5.02 Å². The number of methoxy groups -OCH3 is 1. The smallest absolute Gasteiger partial charge is 0.337 e. The summed E-state index contributed by atoms with van der Waals surface area (Å²) in [5.74, 6) is -0.650. The fourth-order valence-electron chi connectivity index (χ4n) is 1.34. The van der Waals surface area contributed by atoms with Gasteiger partial charge in [0.25, 0.3) is 0 Å². The summed E-state index contributed by atoms with van der Waals surface area (Å²) in [5, 5.41) is 10.4. The molecule has 1 atom stereocenters. The summed E-state index contributed by atoms with van der Waals surface area (Å²) in [5.41, 5.74) is -0.725. The Balaban J connectivity index is 2.81. The second-order valence-electron chi connectivity index (χ2n) is 3.57. The van der Waals surface area contributed by atoms with E-state index < -0.39 is 11.6 Å². The van der Waals surface area contributed by atoms with Crippen molar-refractivity contribution in [3.8, 4) is 0 Å². The van der Waals surface area contributed by atoms with Gasteiger partial charge in [0.1, 0.15) is 0 Å². The molecule has 0 aliphatic carbocycles. The highest BCUT2D eigenvalue weighted by atomic mass is 35.5. The molecule has 0 spiro atoms. The van der Waals surface area contributed by atoms with Crippen molar-refractivity contribution in [1.29, 1.82) is 0 Å². The summed E-state index contributed by atoms with van der Waals surface area (Å²) in [4.78, 5) is 11.2. The zero-order valence-corrected chi connectivity index (χ0v) is 9.41. The summed E-state index contributed by atoms with van der Waals surface area (Å²) in [7, 11) is 1.24. The number of hydrogen-bond donors (Lipinski definition) is 1. The first kappa shape index (κ1) is 12.0. The van der Waals surface area contributed by atoms with E-state index in [9.17, 15) is 9.90 Å². The summed E-state index contributed by atoms with van der Waals surface area (Å²) in [6, 6.07) is 7.01. The Morgan fingerprint density at radius 2 is 2.27 bits per heavy atom. The molecule has 82 valence electrons. The van der Waals surface area contributed by atoms with E-state index in [0.29, 0.717) is 5.02 Å². The predicted molar refractivity (Wildman–Crippen MR) is 57.8 cm³/mol. The third-order valence-corrected chi connectivity index (χ3v) is 2.30. The maximum absolute atomic E-state index is 11.2. The van der Waals surface area contributed by atoms with Gasteiger partial charge >= 0.3 is 5.97 Å². The summed E-state index contributed by atoms with van der Waals surface area (Å²) >= 11 is 5.79. The standard InChI is InChI=1S/C11H13ClO3/c1-11(14,10(13)15-2)7-8-4-3-5-9(12)6-8/h3-6,14H,7H2,1-2H3. The zero-order valence-electron chi connectivity index (χ0n) is 8.66. The first-order valence-electron chi connectivity index (χ1n) is 4.51. The topological polar surface area (TPSA) is 46.5 Å². The van der Waals surface area contributed by atoms with Crippen LogP contribution in [0.4, 0.5) is 0 Å². The molecular formula is C11H13ClO3. The van der Waals surface area contributed by atoms with E-state index in [-0.39, 0.29) is 6.42 Å². The van der Waals surface area contributed by atoms with Crippen molar-refractivity contribution in [2.45, 2.75) is 18.9 Å². The zero-order chi connectivity index (χ0) is 11.5. The number of halogens is 1. The molecular weight excluding hydrogens is 216 g/mol. The van der Waals surface area contributed by atoms with E-state index >= 15 is 0 Å². The average molecular weight is 229 g/mol. The Kier molecular flexibility index (Phi) is 3.72. The van der Waals surface area contributed by atoms with Crippen molar-refractivity contribution in [2.24, 2.45) is 0 Å². The lowest BCUT2D eigenvalue weighted by Gasteiger charge is -2.20. The van der Waals surface area contributed by atoms with E-state index in [1.165, 1.54) is 14.0 Å². The van der Waals surface area contributed by atoms with Crippen LogP contribution in [0.15, 0.2) is 24.3 Å². The van der Waals surface area contributed by atoms with Crippen LogP contribution < -0.4 is 0 Å². The third kappa shape index (κ3) is 3.22. The van der Waals surface area contributed by atoms with Crippen LogP contribution in [0, 0.1) is 0 Å². The molecule has 1 rings (SSSR count). The van der Waals surface area contributed by atoms with Gasteiger partial charge in [0.2, 0.25) is 0 Å². The van der Waals surface area contributed by atoms with Gasteiger partial charge in [-0.25, -0.2) is 4.79 Å². The maximum Gasteiger partial charge on any atom is 0.337 e. The van der Waals surface area contributed by atoms with Crippen molar-refractivity contribution in [2.75, 3.05) is 7.11 Å². The summed E-state index contributed by atoms with van der Waals surface area (Å²) in [6.45, 7) is 1.42. The lowest BCUT2D eigenvalue weighted by molar-refractivity contribution is -0.160. The first-order valence-corrected chi connectivity index (χ1v) is 4.89. The number of rotatable bonds is 3. The molecule has 0 fully saturated rings. The molecule has 0 saturated carbocycles. The lowest BCUT2D eigenvalue weighted by atomic mass is 9.97. The van der Waals surface area contributed by atoms with Crippen LogP contribution in [0.5, 0.6) is 0 Å². The van der Waals surface area contributed by atoms with Crippen molar-refractivity contribution in [1.82, 2.24) is 0 Å². The van der Waals surface area contributed by atoms with Gasteiger partial charge in [0.15, 0.2) is 5.60 Å². The van der Waals surface area contributed by atoms with Crippen LogP contribution in [-0.2, 0) is 16.0 Å². The van der Waals surface area contributed by atoms with E-state index in [1.807, 2.05) is 0 Å². The molecule has 0 bridgehead atoms. The molecule has 1 unspecified atom stereocenters. The SMILES string of the molecule is COC(=O)C(C)(O)Cc1cccc(Cl)c1. The molecule has 3 nitrogen and oxygen atoms in total. The number of ether oxygens (including phenoxy) is 1. The number of aliphatic hydroxyl groups is 1. The Hall–Kier alpha value is -1.06. The first-order chi connectivity index (χ1) is 6.95. The maximum atomic E-state index is 11.2. The fraction of sp³-hybridized carbons (Fsp3) is 0.364. The molecule has 0 aliphatic heterocycles. The number of esters is 1. The summed E-state index contributed by atoms with van der Waals surface area (Å²) < 4.78 is 4.50. The average Bonchev–Trinajstić information content (AvgIpc) is 2.15. The second kappa shape index (κ2) is 4.64. The molecule has 1 N–H and O–H groups in total. The van der Waals surface area contributed by atoms with Crippen molar-refractivity contribution in [3.05, 3.63) is 34.9 Å². The Morgan fingerprint density at radius 3 is 2.80 bits per heavy atom. The number of hydrogen-bond acceptors (Lipinski definition) is 3. The molecule has 0 saturated heterocycles. The van der Waals surface area contributed by atoms with Crippen LogP contribution in [0.1, 0.15) is 12.5 Å². The van der Waals surface area contributed by atoms with Gasteiger partial charge in [-0.05, 0) is 24.6 Å². The molecule has 0 heterocycles. The monoisotopic (exact) mass is 228 g/mol.